The number of benzene rings is 2. The summed E-state index contributed by atoms with van der Waals surface area (Å²) in [6.45, 7) is 0. The first-order valence-electron chi connectivity index (χ1n) is 7.97. The van der Waals surface area contributed by atoms with Crippen molar-refractivity contribution in [3.63, 3.8) is 0 Å². The van der Waals surface area contributed by atoms with Crippen molar-refractivity contribution in [1.29, 1.82) is 0 Å². The SMILES string of the molecule is COc1ccc(OC)c(NC(=O)c2cnc(Nc3ccc(Cl)cc3)cn2)c1. The smallest absolute Gasteiger partial charge is 0.275 e. The lowest BCUT2D eigenvalue weighted by molar-refractivity contribution is 0.102. The van der Waals surface area contributed by atoms with Gasteiger partial charge in [0.25, 0.3) is 5.91 Å². The Hall–Kier alpha value is -3.32. The van der Waals surface area contributed by atoms with Crippen LogP contribution in [0, 0.1) is 0 Å². The highest BCUT2D eigenvalue weighted by Crippen LogP contribution is 2.29. The number of ether oxygens (including phenoxy) is 2. The van der Waals surface area contributed by atoms with Gasteiger partial charge in [-0.1, -0.05) is 11.6 Å². The molecule has 0 radical (unpaired) electrons. The van der Waals surface area contributed by atoms with E-state index in [9.17, 15) is 4.79 Å². The number of nitrogens with one attached hydrogen (secondary N) is 2. The number of aromatic nitrogens is 2. The van der Waals surface area contributed by atoms with Gasteiger partial charge in [-0.15, -0.1) is 0 Å². The van der Waals surface area contributed by atoms with E-state index in [0.717, 1.165) is 5.69 Å². The van der Waals surface area contributed by atoms with E-state index in [4.69, 9.17) is 21.1 Å². The Bertz CT molecular complexity index is 931. The topological polar surface area (TPSA) is 85.4 Å². The van der Waals surface area contributed by atoms with Gasteiger partial charge in [0.1, 0.15) is 23.0 Å². The van der Waals surface area contributed by atoms with Crippen molar-refractivity contribution in [2.45, 2.75) is 0 Å². The highest BCUT2D eigenvalue weighted by atomic mass is 35.5. The number of nitrogens with zero attached hydrogens (tertiary/aromatic N) is 2. The number of methoxy groups -OCH3 is 2. The number of carbonyl (C=O) groups is 1. The predicted molar refractivity (Wildman–Crippen MR) is 104 cm³/mol. The van der Waals surface area contributed by atoms with E-state index < -0.39 is 5.91 Å². The zero-order valence-corrected chi connectivity index (χ0v) is 15.4. The Morgan fingerprint density at radius 2 is 1.78 bits per heavy atom. The number of hydrogen-bond donors (Lipinski definition) is 2. The van der Waals surface area contributed by atoms with Crippen LogP contribution in [0.1, 0.15) is 10.5 Å². The molecule has 0 saturated carbocycles. The first-order chi connectivity index (χ1) is 13.1. The second kappa shape index (κ2) is 8.37. The Kier molecular flexibility index (Phi) is 5.73. The number of anilines is 3. The van der Waals surface area contributed by atoms with Gasteiger partial charge in [0.05, 0.1) is 32.3 Å². The fourth-order valence-electron chi connectivity index (χ4n) is 2.29. The zero-order chi connectivity index (χ0) is 19.2. The van der Waals surface area contributed by atoms with Crippen molar-refractivity contribution >= 4 is 34.7 Å². The number of carbonyl (C=O) groups excluding carboxylic acids is 1. The second-order valence-corrected chi connectivity index (χ2v) is 5.88. The largest absolute Gasteiger partial charge is 0.497 e. The van der Waals surface area contributed by atoms with Gasteiger partial charge >= 0.3 is 0 Å². The Morgan fingerprint density at radius 1 is 1.00 bits per heavy atom. The summed E-state index contributed by atoms with van der Waals surface area (Å²) in [5.74, 6) is 1.21. The molecule has 1 heterocycles. The Morgan fingerprint density at radius 3 is 2.41 bits per heavy atom. The summed E-state index contributed by atoms with van der Waals surface area (Å²) in [5.41, 5.74) is 1.46. The minimum Gasteiger partial charge on any atom is -0.497 e. The van der Waals surface area contributed by atoms with Gasteiger partial charge in [0.2, 0.25) is 0 Å². The van der Waals surface area contributed by atoms with Crippen LogP contribution in [0.4, 0.5) is 17.2 Å². The van der Waals surface area contributed by atoms with Gasteiger partial charge in [-0.3, -0.25) is 4.79 Å². The molecule has 1 amide bonds. The zero-order valence-electron chi connectivity index (χ0n) is 14.7. The van der Waals surface area contributed by atoms with Crippen molar-refractivity contribution in [2.24, 2.45) is 0 Å². The third kappa shape index (κ3) is 4.65. The van der Waals surface area contributed by atoms with E-state index in [1.807, 2.05) is 12.1 Å². The third-order valence-electron chi connectivity index (χ3n) is 3.66. The average molecular weight is 385 g/mol. The number of hydrogen-bond acceptors (Lipinski definition) is 6. The summed E-state index contributed by atoms with van der Waals surface area (Å²) in [6, 6.07) is 12.3. The summed E-state index contributed by atoms with van der Waals surface area (Å²) in [6.07, 6.45) is 2.87. The average Bonchev–Trinajstić information content (AvgIpc) is 2.70. The predicted octanol–water partition coefficient (Wildman–Crippen LogP) is 4.14. The summed E-state index contributed by atoms with van der Waals surface area (Å²) in [5, 5.41) is 6.47. The minimum atomic E-state index is -0.410. The van der Waals surface area contributed by atoms with Crippen molar-refractivity contribution in [3.8, 4) is 11.5 Å². The van der Waals surface area contributed by atoms with E-state index in [2.05, 4.69) is 20.6 Å². The standard InChI is InChI=1S/C19H17ClN4O3/c1-26-14-7-8-17(27-2)15(9-14)24-19(25)16-10-22-18(11-21-16)23-13-5-3-12(20)4-6-13/h3-11H,1-2H3,(H,22,23)(H,24,25). The maximum atomic E-state index is 12.4. The maximum Gasteiger partial charge on any atom is 0.275 e. The Balaban J connectivity index is 1.71. The first-order valence-corrected chi connectivity index (χ1v) is 8.35. The molecule has 0 aliphatic rings. The molecule has 0 saturated heterocycles. The van der Waals surface area contributed by atoms with Gasteiger partial charge in [0, 0.05) is 16.8 Å². The normalized spacial score (nSPS) is 10.2. The van der Waals surface area contributed by atoms with Crippen LogP contribution in [0.5, 0.6) is 11.5 Å². The highest BCUT2D eigenvalue weighted by molar-refractivity contribution is 6.30. The fourth-order valence-corrected chi connectivity index (χ4v) is 2.42. The van der Waals surface area contributed by atoms with Crippen LogP contribution < -0.4 is 20.1 Å². The van der Waals surface area contributed by atoms with Crippen LogP contribution >= 0.6 is 11.6 Å². The molecule has 2 N–H and O–H groups in total. The summed E-state index contributed by atoms with van der Waals surface area (Å²) < 4.78 is 10.4. The third-order valence-corrected chi connectivity index (χ3v) is 3.91. The quantitative estimate of drug-likeness (QED) is 0.664. The molecule has 3 rings (SSSR count). The number of halogens is 1. The molecule has 2 aromatic carbocycles. The molecule has 0 atom stereocenters. The molecule has 27 heavy (non-hydrogen) atoms. The highest BCUT2D eigenvalue weighted by Gasteiger charge is 2.13. The van der Waals surface area contributed by atoms with Gasteiger partial charge in [-0.05, 0) is 36.4 Å². The monoisotopic (exact) mass is 384 g/mol. The van der Waals surface area contributed by atoms with E-state index >= 15 is 0 Å². The molecule has 0 bridgehead atoms. The second-order valence-electron chi connectivity index (χ2n) is 5.44. The van der Waals surface area contributed by atoms with Crippen molar-refractivity contribution in [3.05, 3.63) is 65.6 Å². The van der Waals surface area contributed by atoms with Crippen molar-refractivity contribution in [1.82, 2.24) is 9.97 Å². The van der Waals surface area contributed by atoms with Crippen molar-refractivity contribution in [2.75, 3.05) is 24.9 Å². The molecule has 0 spiro atoms. The van der Waals surface area contributed by atoms with Crippen LogP contribution in [0.15, 0.2) is 54.9 Å². The summed E-state index contributed by atoms with van der Waals surface area (Å²) in [7, 11) is 3.07. The lowest BCUT2D eigenvalue weighted by Crippen LogP contribution is -2.15. The van der Waals surface area contributed by atoms with E-state index in [1.54, 1.807) is 37.4 Å². The molecular formula is C19H17ClN4O3. The molecule has 8 heteroatoms. The molecule has 0 aliphatic carbocycles. The van der Waals surface area contributed by atoms with Crippen LogP contribution in [0.2, 0.25) is 5.02 Å². The maximum absolute atomic E-state index is 12.4. The molecule has 0 fully saturated rings. The lowest BCUT2D eigenvalue weighted by Gasteiger charge is -2.11. The lowest BCUT2D eigenvalue weighted by atomic mass is 10.2. The first kappa shape index (κ1) is 18.5. The summed E-state index contributed by atoms with van der Waals surface area (Å²) in [4.78, 5) is 20.8. The van der Waals surface area contributed by atoms with E-state index in [-0.39, 0.29) is 5.69 Å². The van der Waals surface area contributed by atoms with Gasteiger partial charge in [-0.2, -0.15) is 0 Å². The molecule has 0 unspecified atom stereocenters. The molecule has 0 aliphatic heterocycles. The van der Waals surface area contributed by atoms with E-state index in [0.29, 0.717) is 28.0 Å². The fraction of sp³-hybridized carbons (Fsp3) is 0.105. The van der Waals surface area contributed by atoms with Crippen LogP contribution in [-0.4, -0.2) is 30.1 Å². The van der Waals surface area contributed by atoms with Crippen LogP contribution in [-0.2, 0) is 0 Å². The van der Waals surface area contributed by atoms with Crippen LogP contribution in [0.25, 0.3) is 0 Å². The summed E-state index contributed by atoms with van der Waals surface area (Å²) >= 11 is 5.86. The van der Waals surface area contributed by atoms with Gasteiger partial charge in [0.15, 0.2) is 0 Å². The molecule has 1 aromatic heterocycles. The molecular weight excluding hydrogens is 368 g/mol. The number of rotatable bonds is 6. The minimum absolute atomic E-state index is 0.168. The van der Waals surface area contributed by atoms with E-state index in [1.165, 1.54) is 19.5 Å². The molecule has 138 valence electrons. The van der Waals surface area contributed by atoms with Gasteiger partial charge in [-0.25, -0.2) is 9.97 Å². The number of amides is 1. The molecule has 3 aromatic rings. The van der Waals surface area contributed by atoms with Crippen LogP contribution in [0.3, 0.4) is 0 Å². The van der Waals surface area contributed by atoms with Crippen molar-refractivity contribution < 1.29 is 14.3 Å². The van der Waals surface area contributed by atoms with Gasteiger partial charge < -0.3 is 20.1 Å². The molecule has 7 nitrogen and oxygen atoms in total. The Labute approximate surface area is 161 Å².